The van der Waals surface area contributed by atoms with Gasteiger partial charge in [0.15, 0.2) is 0 Å². The molecule has 0 bridgehead atoms. The Morgan fingerprint density at radius 1 is 1.24 bits per heavy atom. The number of nitrogens with one attached hydrogen (secondary N) is 1. The molecule has 2 aromatic rings. The van der Waals surface area contributed by atoms with Gasteiger partial charge >= 0.3 is 0 Å². The third-order valence-corrected chi connectivity index (χ3v) is 8.44. The molecule has 1 saturated heterocycles. The highest BCUT2D eigenvalue weighted by Gasteiger charge is 2.31. The molecule has 7 nitrogen and oxygen atoms in total. The Labute approximate surface area is 175 Å². The number of thiophene rings is 1. The maximum absolute atomic E-state index is 13.1. The fourth-order valence-corrected chi connectivity index (χ4v) is 6.36. The molecule has 9 heteroatoms. The Balaban J connectivity index is 1.89. The Morgan fingerprint density at radius 3 is 2.62 bits per heavy atom. The molecule has 1 aliphatic heterocycles. The highest BCUT2D eigenvalue weighted by atomic mass is 32.2. The van der Waals surface area contributed by atoms with Gasteiger partial charge in [-0.3, -0.25) is 9.59 Å². The van der Waals surface area contributed by atoms with E-state index in [-0.39, 0.29) is 22.1 Å². The fourth-order valence-electron chi connectivity index (χ4n) is 3.55. The van der Waals surface area contributed by atoms with Gasteiger partial charge < -0.3 is 11.1 Å². The Kier molecular flexibility index (Phi) is 6.11. The lowest BCUT2D eigenvalue weighted by Crippen LogP contribution is -2.41. The van der Waals surface area contributed by atoms with E-state index in [2.05, 4.69) is 5.32 Å². The number of anilines is 1. The summed E-state index contributed by atoms with van der Waals surface area (Å²) in [6, 6.07) is 5.91. The molecular formula is C20H25N3O4S2. The number of carbonyl (C=O) groups excluding carboxylic acids is 2. The molecule has 156 valence electrons. The lowest BCUT2D eigenvalue weighted by Gasteiger charge is -2.32. The molecule has 29 heavy (non-hydrogen) atoms. The van der Waals surface area contributed by atoms with Crippen LogP contribution in [0, 0.1) is 13.8 Å². The quantitative estimate of drug-likeness (QED) is 0.751. The zero-order valence-corrected chi connectivity index (χ0v) is 18.3. The first-order valence-electron chi connectivity index (χ1n) is 9.46. The van der Waals surface area contributed by atoms with E-state index in [1.165, 1.54) is 27.8 Å². The van der Waals surface area contributed by atoms with Crippen LogP contribution in [-0.4, -0.2) is 37.1 Å². The van der Waals surface area contributed by atoms with Gasteiger partial charge in [0, 0.05) is 23.0 Å². The van der Waals surface area contributed by atoms with E-state index in [1.807, 2.05) is 13.8 Å². The van der Waals surface area contributed by atoms with Gasteiger partial charge in [0.2, 0.25) is 10.0 Å². The van der Waals surface area contributed by atoms with E-state index in [9.17, 15) is 18.0 Å². The molecule has 0 radical (unpaired) electrons. The van der Waals surface area contributed by atoms with E-state index in [4.69, 9.17) is 5.73 Å². The molecule has 0 spiro atoms. The number of aryl methyl sites for hydroxylation is 1. The lowest BCUT2D eigenvalue weighted by molar-refractivity contribution is 0.100. The van der Waals surface area contributed by atoms with Crippen LogP contribution < -0.4 is 11.1 Å². The molecule has 0 aliphatic carbocycles. The van der Waals surface area contributed by atoms with Crippen LogP contribution in [0.2, 0.25) is 0 Å². The standard InChI is InChI=1S/C20H25N3O4S2/c1-12-7-4-5-10-23(12)29(26,27)16-9-6-8-15(11-16)19(25)22-20-17(18(21)24)13(2)14(3)28-20/h6,8-9,11-12H,4-5,7,10H2,1-3H3,(H2,21,24)(H,22,25). The van der Waals surface area contributed by atoms with Crippen molar-refractivity contribution < 1.29 is 18.0 Å². The van der Waals surface area contributed by atoms with E-state index < -0.39 is 21.8 Å². The molecule has 2 amide bonds. The molecule has 2 heterocycles. The maximum atomic E-state index is 13.1. The van der Waals surface area contributed by atoms with Crippen molar-refractivity contribution in [3.05, 3.63) is 45.8 Å². The van der Waals surface area contributed by atoms with Crippen molar-refractivity contribution in [2.24, 2.45) is 5.73 Å². The number of hydrogen-bond donors (Lipinski definition) is 2. The number of piperidine rings is 1. The van der Waals surface area contributed by atoms with Crippen LogP contribution in [0.4, 0.5) is 5.00 Å². The van der Waals surface area contributed by atoms with Crippen LogP contribution in [-0.2, 0) is 10.0 Å². The summed E-state index contributed by atoms with van der Waals surface area (Å²) in [4.78, 5) is 25.5. The monoisotopic (exact) mass is 435 g/mol. The second-order valence-electron chi connectivity index (χ2n) is 7.29. The van der Waals surface area contributed by atoms with Crippen molar-refractivity contribution in [3.8, 4) is 0 Å². The predicted octanol–water partition coefficient (Wildman–Crippen LogP) is 3.28. The summed E-state index contributed by atoms with van der Waals surface area (Å²) in [6.07, 6.45) is 2.67. The zero-order valence-electron chi connectivity index (χ0n) is 16.7. The third-order valence-electron chi connectivity index (χ3n) is 5.30. The third kappa shape index (κ3) is 4.22. The summed E-state index contributed by atoms with van der Waals surface area (Å²) in [5.41, 5.74) is 6.67. The van der Waals surface area contributed by atoms with Crippen LogP contribution in [0.5, 0.6) is 0 Å². The minimum atomic E-state index is -3.68. The molecule has 3 rings (SSSR count). The number of primary amides is 1. The molecule has 1 fully saturated rings. The van der Waals surface area contributed by atoms with Gasteiger partial charge in [0.05, 0.1) is 10.5 Å². The number of nitrogens with two attached hydrogens (primary N) is 1. The van der Waals surface area contributed by atoms with Gasteiger partial charge in [-0.05, 0) is 57.4 Å². The molecule has 0 saturated carbocycles. The number of carbonyl (C=O) groups is 2. The van der Waals surface area contributed by atoms with Gasteiger partial charge in [0.1, 0.15) is 5.00 Å². The molecule has 1 aliphatic rings. The minimum Gasteiger partial charge on any atom is -0.365 e. The topological polar surface area (TPSA) is 110 Å². The number of sulfonamides is 1. The van der Waals surface area contributed by atoms with Crippen LogP contribution in [0.3, 0.4) is 0 Å². The number of hydrogen-bond acceptors (Lipinski definition) is 5. The molecule has 3 N–H and O–H groups in total. The molecule has 1 unspecified atom stereocenters. The average molecular weight is 436 g/mol. The lowest BCUT2D eigenvalue weighted by atomic mass is 10.1. The first-order chi connectivity index (χ1) is 13.6. The van der Waals surface area contributed by atoms with Crippen LogP contribution in [0.15, 0.2) is 29.2 Å². The van der Waals surface area contributed by atoms with E-state index in [0.29, 0.717) is 11.5 Å². The Bertz CT molecular complexity index is 1060. The number of amides is 2. The average Bonchev–Trinajstić information content (AvgIpc) is 2.95. The predicted molar refractivity (Wildman–Crippen MR) is 114 cm³/mol. The largest absolute Gasteiger partial charge is 0.365 e. The van der Waals surface area contributed by atoms with Gasteiger partial charge in [-0.15, -0.1) is 11.3 Å². The van der Waals surface area contributed by atoms with Crippen molar-refractivity contribution in [3.63, 3.8) is 0 Å². The highest BCUT2D eigenvalue weighted by Crippen LogP contribution is 2.32. The smallest absolute Gasteiger partial charge is 0.256 e. The Morgan fingerprint density at radius 2 is 1.97 bits per heavy atom. The van der Waals surface area contributed by atoms with E-state index >= 15 is 0 Å². The number of benzene rings is 1. The number of rotatable bonds is 5. The fraction of sp³-hybridized carbons (Fsp3) is 0.400. The summed E-state index contributed by atoms with van der Waals surface area (Å²) in [5, 5.41) is 3.08. The van der Waals surface area contributed by atoms with E-state index in [1.54, 1.807) is 19.1 Å². The highest BCUT2D eigenvalue weighted by molar-refractivity contribution is 7.89. The van der Waals surface area contributed by atoms with Crippen molar-refractivity contribution in [1.29, 1.82) is 0 Å². The summed E-state index contributed by atoms with van der Waals surface area (Å²) in [7, 11) is -3.68. The van der Waals surface area contributed by atoms with Gasteiger partial charge in [0.25, 0.3) is 11.8 Å². The first kappa shape index (κ1) is 21.5. The van der Waals surface area contributed by atoms with Crippen molar-refractivity contribution in [2.75, 3.05) is 11.9 Å². The molecule has 1 aromatic carbocycles. The van der Waals surface area contributed by atoms with Gasteiger partial charge in [-0.1, -0.05) is 12.5 Å². The minimum absolute atomic E-state index is 0.0681. The van der Waals surface area contributed by atoms with Gasteiger partial charge in [-0.2, -0.15) is 4.31 Å². The van der Waals surface area contributed by atoms with E-state index in [0.717, 1.165) is 29.7 Å². The summed E-state index contributed by atoms with van der Waals surface area (Å²) in [6.45, 7) is 6.00. The summed E-state index contributed by atoms with van der Waals surface area (Å²) >= 11 is 1.27. The van der Waals surface area contributed by atoms with Crippen molar-refractivity contribution in [1.82, 2.24) is 4.31 Å². The summed E-state index contributed by atoms with van der Waals surface area (Å²) < 4.78 is 27.6. The zero-order chi connectivity index (χ0) is 21.3. The van der Waals surface area contributed by atoms with Crippen LogP contribution >= 0.6 is 11.3 Å². The molecule has 1 atom stereocenters. The van der Waals surface area contributed by atoms with Crippen LogP contribution in [0.1, 0.15) is 57.3 Å². The van der Waals surface area contributed by atoms with Crippen molar-refractivity contribution in [2.45, 2.75) is 51.0 Å². The SMILES string of the molecule is Cc1sc(NC(=O)c2cccc(S(=O)(=O)N3CCCCC3C)c2)c(C(N)=O)c1C. The first-order valence-corrected chi connectivity index (χ1v) is 11.7. The maximum Gasteiger partial charge on any atom is 0.256 e. The molecular weight excluding hydrogens is 410 g/mol. The second kappa shape index (κ2) is 8.25. The van der Waals surface area contributed by atoms with Gasteiger partial charge in [-0.25, -0.2) is 8.42 Å². The Hall–Kier alpha value is -2.23. The number of nitrogens with zero attached hydrogens (tertiary/aromatic N) is 1. The van der Waals surface area contributed by atoms with Crippen molar-refractivity contribution >= 4 is 38.2 Å². The second-order valence-corrected chi connectivity index (χ2v) is 10.4. The normalized spacial score (nSPS) is 17.8. The van der Waals surface area contributed by atoms with Crippen LogP contribution in [0.25, 0.3) is 0 Å². The molecule has 1 aromatic heterocycles. The summed E-state index contributed by atoms with van der Waals surface area (Å²) in [5.74, 6) is -1.10.